The van der Waals surface area contributed by atoms with E-state index < -0.39 is 41.5 Å². The lowest BCUT2D eigenvalue weighted by atomic mass is 9.77. The molecule has 168 valence electrons. The third kappa shape index (κ3) is 7.29. The Labute approximate surface area is 175 Å². The maximum absolute atomic E-state index is 12.9. The first-order valence-electron chi connectivity index (χ1n) is 10.0. The van der Waals surface area contributed by atoms with Crippen LogP contribution in [0.5, 0.6) is 5.75 Å². The third-order valence-electron chi connectivity index (χ3n) is 4.72. The molecule has 0 saturated heterocycles. The van der Waals surface area contributed by atoms with Crippen molar-refractivity contribution >= 4 is 11.8 Å². The highest BCUT2D eigenvalue weighted by atomic mass is 19.4. The predicted molar refractivity (Wildman–Crippen MR) is 105 cm³/mol. The molecule has 0 amide bonds. The number of rotatable bonds is 7. The zero-order valence-corrected chi connectivity index (χ0v) is 18.4. The lowest BCUT2D eigenvalue weighted by Gasteiger charge is -2.31. The first-order chi connectivity index (χ1) is 13.6. The lowest BCUT2D eigenvalue weighted by Crippen LogP contribution is -2.36. The van der Waals surface area contributed by atoms with Crippen molar-refractivity contribution in [1.82, 2.24) is 4.98 Å². The minimum Gasteiger partial charge on any atom is -0.484 e. The Morgan fingerprint density at radius 3 is 2.20 bits per heavy atom. The molecule has 0 bridgehead atoms. The van der Waals surface area contributed by atoms with Gasteiger partial charge in [-0.05, 0) is 44.9 Å². The second-order valence-corrected chi connectivity index (χ2v) is 9.86. The Morgan fingerprint density at radius 1 is 1.13 bits per heavy atom. The zero-order valence-electron chi connectivity index (χ0n) is 18.4. The molecule has 0 N–H and O–H groups in total. The number of hydrogen-bond acceptors (Lipinski definition) is 5. The molecule has 1 aliphatic rings. The van der Waals surface area contributed by atoms with Crippen LogP contribution in [-0.2, 0) is 9.53 Å². The maximum atomic E-state index is 12.9. The van der Waals surface area contributed by atoms with Crippen molar-refractivity contribution in [2.24, 2.45) is 11.3 Å². The summed E-state index contributed by atoms with van der Waals surface area (Å²) in [5.41, 5.74) is -0.696. The van der Waals surface area contributed by atoms with Gasteiger partial charge in [-0.15, -0.1) is 0 Å². The number of ketones is 1. The van der Waals surface area contributed by atoms with Gasteiger partial charge in [-0.3, -0.25) is 14.6 Å². The SMILES string of the molecule is CC(C)(C)OC(=O)C(CC(=O)c1cc(OCC(F)(F)F)c(C2CC2)cn1)C(C)(C)C. The average Bonchev–Trinajstić information content (AvgIpc) is 3.38. The summed E-state index contributed by atoms with van der Waals surface area (Å²) in [6, 6.07) is 1.26. The third-order valence-corrected chi connectivity index (χ3v) is 4.72. The highest BCUT2D eigenvalue weighted by molar-refractivity contribution is 5.97. The number of hydrogen-bond donors (Lipinski definition) is 0. The highest BCUT2D eigenvalue weighted by Gasteiger charge is 2.37. The van der Waals surface area contributed by atoms with Crippen LogP contribution in [0.1, 0.15) is 82.8 Å². The number of carbonyl (C=O) groups is 2. The number of halogens is 3. The van der Waals surface area contributed by atoms with Gasteiger partial charge < -0.3 is 9.47 Å². The van der Waals surface area contributed by atoms with E-state index in [2.05, 4.69) is 4.98 Å². The molecule has 1 heterocycles. The maximum Gasteiger partial charge on any atom is 0.422 e. The zero-order chi connectivity index (χ0) is 22.9. The molecule has 1 atom stereocenters. The molecular formula is C22H30F3NO4. The largest absolute Gasteiger partial charge is 0.484 e. The molecule has 8 heteroatoms. The molecule has 1 aromatic heterocycles. The molecule has 1 saturated carbocycles. The van der Waals surface area contributed by atoms with E-state index in [-0.39, 0.29) is 23.8 Å². The van der Waals surface area contributed by atoms with Crippen molar-refractivity contribution in [3.8, 4) is 5.75 Å². The molecule has 1 fully saturated rings. The van der Waals surface area contributed by atoms with Crippen molar-refractivity contribution in [3.63, 3.8) is 0 Å². The Morgan fingerprint density at radius 2 is 1.73 bits per heavy atom. The van der Waals surface area contributed by atoms with E-state index in [9.17, 15) is 22.8 Å². The molecule has 0 aromatic carbocycles. The monoisotopic (exact) mass is 429 g/mol. The quantitative estimate of drug-likeness (QED) is 0.424. The van der Waals surface area contributed by atoms with Crippen molar-refractivity contribution < 1.29 is 32.2 Å². The number of pyridine rings is 1. The van der Waals surface area contributed by atoms with Gasteiger partial charge in [0.2, 0.25) is 0 Å². The van der Waals surface area contributed by atoms with E-state index in [0.717, 1.165) is 12.8 Å². The second kappa shape index (κ2) is 8.55. The first-order valence-corrected chi connectivity index (χ1v) is 10.0. The predicted octanol–water partition coefficient (Wildman–Crippen LogP) is 5.48. The van der Waals surface area contributed by atoms with E-state index in [1.54, 1.807) is 20.8 Å². The van der Waals surface area contributed by atoms with E-state index in [4.69, 9.17) is 9.47 Å². The summed E-state index contributed by atoms with van der Waals surface area (Å²) in [4.78, 5) is 29.7. The fourth-order valence-electron chi connectivity index (χ4n) is 2.99. The Kier molecular flexibility index (Phi) is 6.89. The van der Waals surface area contributed by atoms with Crippen LogP contribution in [0.15, 0.2) is 12.3 Å². The van der Waals surface area contributed by atoms with Crippen molar-refractivity contribution in [3.05, 3.63) is 23.5 Å². The van der Waals surface area contributed by atoms with E-state index in [1.807, 2.05) is 20.8 Å². The van der Waals surface area contributed by atoms with Crippen LogP contribution >= 0.6 is 0 Å². The summed E-state index contributed by atoms with van der Waals surface area (Å²) in [6.07, 6.45) is -1.53. The molecule has 1 aromatic rings. The molecule has 1 aliphatic carbocycles. The fourth-order valence-corrected chi connectivity index (χ4v) is 2.99. The number of ether oxygens (including phenoxy) is 2. The first kappa shape index (κ1) is 24.2. The van der Waals surface area contributed by atoms with Crippen molar-refractivity contribution in [2.75, 3.05) is 6.61 Å². The van der Waals surface area contributed by atoms with Crippen molar-refractivity contribution in [1.29, 1.82) is 0 Å². The van der Waals surface area contributed by atoms with Crippen LogP contribution in [0, 0.1) is 11.3 Å². The van der Waals surface area contributed by atoms with E-state index in [0.29, 0.717) is 5.56 Å². The normalized spacial score (nSPS) is 16.2. The minimum absolute atomic E-state index is 0.0191. The number of nitrogens with zero attached hydrogens (tertiary/aromatic N) is 1. The highest BCUT2D eigenvalue weighted by Crippen LogP contribution is 2.44. The summed E-state index contributed by atoms with van der Waals surface area (Å²) in [5, 5.41) is 0. The van der Waals surface area contributed by atoms with Gasteiger partial charge >= 0.3 is 12.1 Å². The molecule has 0 spiro atoms. The van der Waals surface area contributed by atoms with Gasteiger partial charge in [0.15, 0.2) is 12.4 Å². The number of esters is 1. The standard InChI is InChI=1S/C22H30F3NO4/c1-20(2,3)15(19(28)30-21(4,5)6)9-17(27)16-10-18(29-12-22(23,24)25)14(11-26-16)13-7-8-13/h10-11,13,15H,7-9,12H2,1-6H3. The summed E-state index contributed by atoms with van der Waals surface area (Å²) in [7, 11) is 0. The van der Waals surface area contributed by atoms with Gasteiger partial charge in [-0.1, -0.05) is 20.8 Å². The van der Waals surface area contributed by atoms with Gasteiger partial charge in [0.25, 0.3) is 0 Å². The van der Waals surface area contributed by atoms with Crippen LogP contribution < -0.4 is 4.74 Å². The number of aromatic nitrogens is 1. The molecule has 5 nitrogen and oxygen atoms in total. The fraction of sp³-hybridized carbons (Fsp3) is 0.682. The smallest absolute Gasteiger partial charge is 0.422 e. The number of alkyl halides is 3. The second-order valence-electron chi connectivity index (χ2n) is 9.86. The molecule has 0 radical (unpaired) electrons. The molecular weight excluding hydrogens is 399 g/mol. The summed E-state index contributed by atoms with van der Waals surface area (Å²) < 4.78 is 48.3. The minimum atomic E-state index is -4.48. The number of Topliss-reactive ketones (excluding diaryl/α,β-unsaturated/α-hetero) is 1. The molecule has 1 unspecified atom stereocenters. The van der Waals surface area contributed by atoms with Gasteiger partial charge in [0, 0.05) is 24.2 Å². The summed E-state index contributed by atoms with van der Waals surface area (Å²) in [6.45, 7) is 9.29. The van der Waals surface area contributed by atoms with Gasteiger partial charge in [0.05, 0.1) is 5.92 Å². The lowest BCUT2D eigenvalue weighted by molar-refractivity contribution is -0.163. The van der Waals surface area contributed by atoms with Crippen LogP contribution in [0.2, 0.25) is 0 Å². The van der Waals surface area contributed by atoms with Gasteiger partial charge in [-0.25, -0.2) is 0 Å². The Hall–Kier alpha value is -2.12. The molecule has 0 aliphatic heterocycles. The van der Waals surface area contributed by atoms with E-state index in [1.165, 1.54) is 12.3 Å². The summed E-state index contributed by atoms with van der Waals surface area (Å²) in [5.74, 6) is -1.54. The van der Waals surface area contributed by atoms with Crippen LogP contribution in [-0.4, -0.2) is 35.1 Å². The average molecular weight is 429 g/mol. The topological polar surface area (TPSA) is 65.5 Å². The molecule has 2 rings (SSSR count). The van der Waals surface area contributed by atoms with E-state index >= 15 is 0 Å². The molecule has 30 heavy (non-hydrogen) atoms. The van der Waals surface area contributed by atoms with Crippen LogP contribution in [0.4, 0.5) is 13.2 Å². The van der Waals surface area contributed by atoms with Gasteiger partial charge in [-0.2, -0.15) is 13.2 Å². The summed E-state index contributed by atoms with van der Waals surface area (Å²) >= 11 is 0. The van der Waals surface area contributed by atoms with Crippen LogP contribution in [0.25, 0.3) is 0 Å². The van der Waals surface area contributed by atoms with Crippen LogP contribution in [0.3, 0.4) is 0 Å². The van der Waals surface area contributed by atoms with Gasteiger partial charge in [0.1, 0.15) is 17.0 Å². The van der Waals surface area contributed by atoms with Crippen molar-refractivity contribution in [2.45, 2.75) is 78.5 Å². The Balaban J connectivity index is 2.24. The number of carbonyl (C=O) groups excluding carboxylic acids is 2. The Bertz CT molecular complexity index is 787.